The molecule has 2 aromatic carbocycles. The van der Waals surface area contributed by atoms with Gasteiger partial charge < -0.3 is 10.3 Å². The molecule has 0 fully saturated rings. The zero-order valence-electron chi connectivity index (χ0n) is 16.9. The molecule has 1 unspecified atom stereocenters. The molecular weight excluding hydrogens is 457 g/mol. The summed E-state index contributed by atoms with van der Waals surface area (Å²) >= 11 is 6.08. The van der Waals surface area contributed by atoms with Crippen LogP contribution in [0.5, 0.6) is 0 Å². The van der Waals surface area contributed by atoms with Gasteiger partial charge in [0.2, 0.25) is 0 Å². The van der Waals surface area contributed by atoms with Gasteiger partial charge in [0.15, 0.2) is 11.5 Å². The number of anilines is 1. The zero-order chi connectivity index (χ0) is 23.3. The largest absolute Gasteiger partial charge is 0.360 e. The molecule has 1 atom stereocenters. The fourth-order valence-electron chi connectivity index (χ4n) is 3.74. The summed E-state index contributed by atoms with van der Waals surface area (Å²) in [6, 6.07) is 6.36. The van der Waals surface area contributed by atoms with Crippen LogP contribution >= 0.6 is 11.6 Å². The second-order valence-electron chi connectivity index (χ2n) is 7.32. The number of H-pyrrole nitrogens is 1. The number of nitrogens with one attached hydrogen (secondary N) is 2. The lowest BCUT2D eigenvalue weighted by molar-refractivity contribution is 0.574. The van der Waals surface area contributed by atoms with Gasteiger partial charge in [0.25, 0.3) is 5.56 Å². The Morgan fingerprint density at radius 1 is 1.06 bits per heavy atom. The fourth-order valence-corrected chi connectivity index (χ4v) is 3.99. The van der Waals surface area contributed by atoms with Gasteiger partial charge in [0.1, 0.15) is 29.3 Å². The summed E-state index contributed by atoms with van der Waals surface area (Å²) in [6.07, 6.45) is 2.80. The van der Waals surface area contributed by atoms with Crippen molar-refractivity contribution in [2.45, 2.75) is 13.0 Å². The lowest BCUT2D eigenvalue weighted by Crippen LogP contribution is -2.26. The second-order valence-corrected chi connectivity index (χ2v) is 7.70. The first-order valence-electron chi connectivity index (χ1n) is 9.75. The molecule has 3 heterocycles. The molecule has 7 nitrogen and oxygen atoms in total. The van der Waals surface area contributed by atoms with Gasteiger partial charge in [0, 0.05) is 11.8 Å². The van der Waals surface area contributed by atoms with E-state index < -0.39 is 29.1 Å². The quantitative estimate of drug-likeness (QED) is 0.390. The number of imidazole rings is 1. The summed E-state index contributed by atoms with van der Waals surface area (Å²) < 4.78 is 43.5. The van der Waals surface area contributed by atoms with Gasteiger partial charge in [-0.3, -0.25) is 9.36 Å². The van der Waals surface area contributed by atoms with Crippen LogP contribution in [0.1, 0.15) is 18.7 Å². The molecule has 0 aliphatic rings. The molecule has 5 rings (SSSR count). The summed E-state index contributed by atoms with van der Waals surface area (Å²) in [4.78, 5) is 28.8. The molecule has 0 saturated carbocycles. The van der Waals surface area contributed by atoms with Gasteiger partial charge in [-0.05, 0) is 36.6 Å². The van der Waals surface area contributed by atoms with E-state index in [-0.39, 0.29) is 16.1 Å². The number of aromatic amines is 1. The maximum Gasteiger partial charge on any atom is 0.264 e. The molecule has 5 aromatic rings. The van der Waals surface area contributed by atoms with Gasteiger partial charge in [-0.1, -0.05) is 17.7 Å². The number of benzene rings is 2. The third kappa shape index (κ3) is 3.48. The van der Waals surface area contributed by atoms with E-state index in [1.807, 2.05) is 0 Å². The van der Waals surface area contributed by atoms with E-state index in [4.69, 9.17) is 11.6 Å². The zero-order valence-corrected chi connectivity index (χ0v) is 17.7. The molecule has 0 aliphatic heterocycles. The first-order valence-corrected chi connectivity index (χ1v) is 10.1. The van der Waals surface area contributed by atoms with Crippen LogP contribution < -0.4 is 10.9 Å². The average molecular weight is 471 g/mol. The van der Waals surface area contributed by atoms with Gasteiger partial charge >= 0.3 is 0 Å². The Morgan fingerprint density at radius 2 is 1.88 bits per heavy atom. The molecule has 2 N–H and O–H groups in total. The number of hydrogen-bond donors (Lipinski definition) is 2. The summed E-state index contributed by atoms with van der Waals surface area (Å²) in [6.45, 7) is 1.73. The Morgan fingerprint density at radius 3 is 2.67 bits per heavy atom. The van der Waals surface area contributed by atoms with E-state index in [1.54, 1.807) is 13.0 Å². The molecule has 11 heteroatoms. The van der Waals surface area contributed by atoms with Crippen LogP contribution in [0, 0.1) is 17.5 Å². The maximum atomic E-state index is 14.8. The minimum atomic E-state index is -0.964. The van der Waals surface area contributed by atoms with E-state index in [1.165, 1.54) is 18.7 Å². The van der Waals surface area contributed by atoms with Gasteiger partial charge in [-0.25, -0.2) is 28.1 Å². The molecule has 3 aromatic heterocycles. The van der Waals surface area contributed by atoms with Crippen molar-refractivity contribution in [2.75, 3.05) is 5.32 Å². The highest BCUT2D eigenvalue weighted by molar-refractivity contribution is 6.35. The Labute approximate surface area is 188 Å². The summed E-state index contributed by atoms with van der Waals surface area (Å²) in [5.74, 6) is -2.17. The Hall–Kier alpha value is -3.92. The van der Waals surface area contributed by atoms with Crippen LogP contribution in [-0.4, -0.2) is 24.5 Å². The standard InChI is InChI=1S/C22H14ClF3N6O/c1-10(31-21-19-20(28-8-27-19)29-9-30-21)16-6-11-2-4-13(25)18(23)17(11)22(33)32(16)15-5-3-12(24)7-14(15)26/h2-10H,1H3,(H2,27,28,29,30,31). The molecule has 0 radical (unpaired) electrons. The van der Waals surface area contributed by atoms with Crippen LogP contribution in [-0.2, 0) is 0 Å². The van der Waals surface area contributed by atoms with Crippen molar-refractivity contribution in [3.8, 4) is 5.69 Å². The number of pyridine rings is 1. The number of aromatic nitrogens is 5. The van der Waals surface area contributed by atoms with E-state index in [2.05, 4.69) is 25.3 Å². The second kappa shape index (κ2) is 7.89. The summed E-state index contributed by atoms with van der Waals surface area (Å²) in [5.41, 5.74) is 0.321. The number of nitrogens with zero attached hydrogens (tertiary/aromatic N) is 4. The highest BCUT2D eigenvalue weighted by Gasteiger charge is 2.22. The average Bonchev–Trinajstić information content (AvgIpc) is 3.27. The number of fused-ring (bicyclic) bond motifs is 2. The van der Waals surface area contributed by atoms with Crippen molar-refractivity contribution < 1.29 is 13.2 Å². The molecule has 0 amide bonds. The highest BCUT2D eigenvalue weighted by atomic mass is 35.5. The van der Waals surface area contributed by atoms with Crippen molar-refractivity contribution in [3.63, 3.8) is 0 Å². The smallest absolute Gasteiger partial charge is 0.264 e. The van der Waals surface area contributed by atoms with E-state index >= 15 is 0 Å². The molecule has 0 aliphatic carbocycles. The van der Waals surface area contributed by atoms with Gasteiger partial charge in [-0.2, -0.15) is 0 Å². The normalized spacial score (nSPS) is 12.4. The number of rotatable bonds is 4. The lowest BCUT2D eigenvalue weighted by atomic mass is 10.1. The Balaban J connectivity index is 1.76. The van der Waals surface area contributed by atoms with Crippen molar-refractivity contribution >= 4 is 39.4 Å². The molecular formula is C22H14ClF3N6O. The van der Waals surface area contributed by atoms with Crippen LogP contribution in [0.2, 0.25) is 5.02 Å². The monoisotopic (exact) mass is 470 g/mol. The van der Waals surface area contributed by atoms with Gasteiger partial charge in [-0.15, -0.1) is 0 Å². The van der Waals surface area contributed by atoms with Crippen molar-refractivity contribution in [2.24, 2.45) is 0 Å². The topological polar surface area (TPSA) is 88.5 Å². The molecule has 0 saturated heterocycles. The minimum Gasteiger partial charge on any atom is -0.360 e. The van der Waals surface area contributed by atoms with Crippen molar-refractivity contribution in [1.82, 2.24) is 24.5 Å². The third-order valence-corrected chi connectivity index (χ3v) is 5.64. The minimum absolute atomic E-state index is 0.118. The lowest BCUT2D eigenvalue weighted by Gasteiger charge is -2.22. The SMILES string of the molecule is CC(Nc1ncnc2[nH]cnc12)c1cc2ccc(F)c(Cl)c2c(=O)n1-c1ccc(F)cc1F. The molecule has 0 spiro atoms. The highest BCUT2D eigenvalue weighted by Crippen LogP contribution is 2.30. The Bertz CT molecular complexity index is 1600. The Kier molecular flexibility index (Phi) is 5.01. The van der Waals surface area contributed by atoms with Crippen LogP contribution in [0.4, 0.5) is 19.0 Å². The molecule has 0 bridgehead atoms. The first-order chi connectivity index (χ1) is 15.8. The van der Waals surface area contributed by atoms with Crippen LogP contribution in [0.25, 0.3) is 27.6 Å². The molecule has 33 heavy (non-hydrogen) atoms. The summed E-state index contributed by atoms with van der Waals surface area (Å²) in [7, 11) is 0. The predicted molar refractivity (Wildman–Crippen MR) is 118 cm³/mol. The van der Waals surface area contributed by atoms with Crippen LogP contribution in [0.3, 0.4) is 0 Å². The maximum absolute atomic E-state index is 14.8. The van der Waals surface area contributed by atoms with E-state index in [0.717, 1.165) is 22.8 Å². The predicted octanol–water partition coefficient (Wildman–Crippen LogP) is 4.90. The van der Waals surface area contributed by atoms with Crippen molar-refractivity contribution in [1.29, 1.82) is 0 Å². The van der Waals surface area contributed by atoms with Crippen molar-refractivity contribution in [3.05, 3.63) is 87.6 Å². The van der Waals surface area contributed by atoms with E-state index in [9.17, 15) is 18.0 Å². The van der Waals surface area contributed by atoms with Crippen LogP contribution in [0.15, 0.2) is 53.8 Å². The fraction of sp³-hybridized carbons (Fsp3) is 0.0909. The number of halogens is 4. The first kappa shape index (κ1) is 21.0. The molecule has 166 valence electrons. The number of hydrogen-bond acceptors (Lipinski definition) is 5. The van der Waals surface area contributed by atoms with E-state index in [0.29, 0.717) is 34.1 Å². The summed E-state index contributed by atoms with van der Waals surface area (Å²) in [5, 5.41) is 3.01. The van der Waals surface area contributed by atoms with Gasteiger partial charge in [0.05, 0.1) is 28.5 Å². The third-order valence-electron chi connectivity index (χ3n) is 5.27.